The number of esters is 1. The van der Waals surface area contributed by atoms with Crippen LogP contribution in [-0.2, 0) is 4.79 Å². The maximum atomic E-state index is 12.6. The molecular formula is C24H29N3O3. The van der Waals surface area contributed by atoms with E-state index in [1.807, 2.05) is 52.8 Å². The van der Waals surface area contributed by atoms with E-state index in [2.05, 4.69) is 16.8 Å². The fourth-order valence-corrected chi connectivity index (χ4v) is 3.20. The van der Waals surface area contributed by atoms with Gasteiger partial charge < -0.3 is 9.84 Å². The van der Waals surface area contributed by atoms with Crippen LogP contribution in [0.2, 0.25) is 0 Å². The number of rotatable bonds is 7. The predicted octanol–water partition coefficient (Wildman–Crippen LogP) is 5.46. The normalized spacial score (nSPS) is 12.3. The molecule has 6 nitrogen and oxygen atoms in total. The number of carbonyl (C=O) groups is 1. The highest BCUT2D eigenvalue weighted by molar-refractivity contribution is 5.76. The zero-order valence-electron chi connectivity index (χ0n) is 18.3. The molecule has 1 aromatic heterocycles. The first-order chi connectivity index (χ1) is 14.2. The Morgan fingerprint density at radius 3 is 2.53 bits per heavy atom. The molecule has 0 saturated heterocycles. The Hall–Kier alpha value is -3.15. The van der Waals surface area contributed by atoms with Crippen LogP contribution in [-0.4, -0.2) is 26.1 Å². The number of aromatic hydroxyl groups is 1. The van der Waals surface area contributed by atoms with Crippen molar-refractivity contribution >= 4 is 17.0 Å². The molecule has 1 N–H and O–H groups in total. The second kappa shape index (κ2) is 8.69. The second-order valence-corrected chi connectivity index (χ2v) is 8.33. The number of phenols is 1. The van der Waals surface area contributed by atoms with E-state index in [1.165, 1.54) is 4.80 Å². The molecule has 1 unspecified atom stereocenters. The standard InChI is InChI=1S/C24H29N3O3/c1-14(2)7-9-17(6)24(29)30-18-12-19(15(3)4)23(28)22(13-18)27-25-20-10-8-16(5)11-21(20)26-27/h8,10-13,15,17,28H,1,7,9H2,2-6H3. The summed E-state index contributed by atoms with van der Waals surface area (Å²) in [5, 5.41) is 19.8. The molecule has 158 valence electrons. The van der Waals surface area contributed by atoms with E-state index in [4.69, 9.17) is 4.74 Å². The Kier molecular flexibility index (Phi) is 6.25. The van der Waals surface area contributed by atoms with Gasteiger partial charge in [-0.2, -0.15) is 0 Å². The van der Waals surface area contributed by atoms with Gasteiger partial charge in [-0.25, -0.2) is 0 Å². The number of hydrogen-bond acceptors (Lipinski definition) is 5. The van der Waals surface area contributed by atoms with Crippen molar-refractivity contribution in [3.05, 3.63) is 53.6 Å². The van der Waals surface area contributed by atoms with Crippen molar-refractivity contribution in [3.8, 4) is 17.2 Å². The quantitative estimate of drug-likeness (QED) is 0.320. The Morgan fingerprint density at radius 1 is 1.17 bits per heavy atom. The van der Waals surface area contributed by atoms with Gasteiger partial charge in [0, 0.05) is 11.6 Å². The van der Waals surface area contributed by atoms with E-state index in [0.717, 1.165) is 28.6 Å². The zero-order valence-corrected chi connectivity index (χ0v) is 18.3. The van der Waals surface area contributed by atoms with E-state index >= 15 is 0 Å². The number of ether oxygens (including phenoxy) is 1. The fourth-order valence-electron chi connectivity index (χ4n) is 3.20. The van der Waals surface area contributed by atoms with Gasteiger partial charge in [0.15, 0.2) is 0 Å². The Labute approximate surface area is 177 Å². The van der Waals surface area contributed by atoms with Gasteiger partial charge in [-0.1, -0.05) is 32.4 Å². The van der Waals surface area contributed by atoms with Gasteiger partial charge in [0.05, 0.1) is 5.92 Å². The summed E-state index contributed by atoms with van der Waals surface area (Å²) < 4.78 is 5.66. The third kappa shape index (κ3) is 4.70. The molecule has 3 rings (SSSR count). The Balaban J connectivity index is 1.98. The second-order valence-electron chi connectivity index (χ2n) is 8.33. The van der Waals surface area contributed by atoms with Gasteiger partial charge in [-0.3, -0.25) is 4.79 Å². The van der Waals surface area contributed by atoms with Gasteiger partial charge in [0.2, 0.25) is 0 Å². The van der Waals surface area contributed by atoms with Crippen LogP contribution in [0.1, 0.15) is 57.6 Å². The van der Waals surface area contributed by atoms with Crippen LogP contribution in [0, 0.1) is 12.8 Å². The average molecular weight is 408 g/mol. The van der Waals surface area contributed by atoms with Crippen LogP contribution >= 0.6 is 0 Å². The number of hydrogen-bond donors (Lipinski definition) is 1. The third-order valence-corrected chi connectivity index (χ3v) is 5.09. The molecule has 3 aromatic rings. The average Bonchev–Trinajstić information content (AvgIpc) is 3.09. The molecule has 1 heterocycles. The smallest absolute Gasteiger partial charge is 0.314 e. The van der Waals surface area contributed by atoms with Crippen molar-refractivity contribution in [1.82, 2.24) is 15.0 Å². The first kappa shape index (κ1) is 21.6. The first-order valence-corrected chi connectivity index (χ1v) is 10.2. The summed E-state index contributed by atoms with van der Waals surface area (Å²) >= 11 is 0. The van der Waals surface area contributed by atoms with Gasteiger partial charge in [-0.05, 0) is 56.4 Å². The van der Waals surface area contributed by atoms with Crippen LogP contribution in [0.5, 0.6) is 11.5 Å². The Bertz CT molecular complexity index is 1100. The molecule has 2 aromatic carbocycles. The van der Waals surface area contributed by atoms with E-state index in [0.29, 0.717) is 23.4 Å². The molecule has 0 bridgehead atoms. The summed E-state index contributed by atoms with van der Waals surface area (Å²) in [5.41, 5.74) is 4.62. The van der Waals surface area contributed by atoms with E-state index in [9.17, 15) is 9.90 Å². The van der Waals surface area contributed by atoms with Gasteiger partial charge >= 0.3 is 5.97 Å². The lowest BCUT2D eigenvalue weighted by Gasteiger charge is -2.16. The highest BCUT2D eigenvalue weighted by Crippen LogP contribution is 2.36. The van der Waals surface area contributed by atoms with Crippen LogP contribution in [0.15, 0.2) is 42.5 Å². The van der Waals surface area contributed by atoms with Crippen molar-refractivity contribution in [2.45, 2.75) is 53.4 Å². The summed E-state index contributed by atoms with van der Waals surface area (Å²) in [7, 11) is 0. The van der Waals surface area contributed by atoms with E-state index < -0.39 is 0 Å². The van der Waals surface area contributed by atoms with E-state index in [-0.39, 0.29) is 23.6 Å². The van der Waals surface area contributed by atoms with Crippen molar-refractivity contribution in [2.24, 2.45) is 5.92 Å². The van der Waals surface area contributed by atoms with Crippen molar-refractivity contribution in [1.29, 1.82) is 0 Å². The number of benzene rings is 2. The molecule has 0 radical (unpaired) electrons. The van der Waals surface area contributed by atoms with Crippen molar-refractivity contribution in [2.75, 3.05) is 0 Å². The molecule has 1 atom stereocenters. The molecule has 0 spiro atoms. The van der Waals surface area contributed by atoms with Crippen molar-refractivity contribution in [3.63, 3.8) is 0 Å². The number of allylic oxidation sites excluding steroid dienone is 1. The molecule has 0 aliphatic rings. The minimum atomic E-state index is -0.309. The summed E-state index contributed by atoms with van der Waals surface area (Å²) in [6.07, 6.45) is 1.46. The third-order valence-electron chi connectivity index (χ3n) is 5.09. The zero-order chi connectivity index (χ0) is 22.0. The number of aryl methyl sites for hydroxylation is 1. The van der Waals surface area contributed by atoms with Gasteiger partial charge in [0.1, 0.15) is 28.2 Å². The fraction of sp³-hybridized carbons (Fsp3) is 0.375. The first-order valence-electron chi connectivity index (χ1n) is 10.2. The molecule has 0 amide bonds. The van der Waals surface area contributed by atoms with Crippen LogP contribution in [0.25, 0.3) is 16.7 Å². The van der Waals surface area contributed by atoms with Crippen molar-refractivity contribution < 1.29 is 14.6 Å². The molecule has 0 aliphatic heterocycles. The summed E-state index contributed by atoms with van der Waals surface area (Å²) in [6.45, 7) is 13.6. The number of aromatic nitrogens is 3. The summed E-state index contributed by atoms with van der Waals surface area (Å²) in [5.74, 6) is -0.0875. The highest BCUT2D eigenvalue weighted by Gasteiger charge is 2.20. The predicted molar refractivity (Wildman–Crippen MR) is 118 cm³/mol. The molecule has 0 fully saturated rings. The lowest BCUT2D eigenvalue weighted by molar-refractivity contribution is -0.138. The minimum Gasteiger partial charge on any atom is -0.505 e. The Morgan fingerprint density at radius 2 is 1.87 bits per heavy atom. The van der Waals surface area contributed by atoms with Gasteiger partial charge in [0.25, 0.3) is 0 Å². The largest absolute Gasteiger partial charge is 0.505 e. The maximum absolute atomic E-state index is 12.6. The molecule has 0 aliphatic carbocycles. The maximum Gasteiger partial charge on any atom is 0.314 e. The summed E-state index contributed by atoms with van der Waals surface area (Å²) in [4.78, 5) is 14.0. The number of carbonyl (C=O) groups excluding carboxylic acids is 1. The number of phenolic OH excluding ortho intramolecular Hbond substituents is 1. The van der Waals surface area contributed by atoms with Crippen LogP contribution in [0.3, 0.4) is 0 Å². The number of fused-ring (bicyclic) bond motifs is 1. The lowest BCUT2D eigenvalue weighted by Crippen LogP contribution is -2.18. The molecule has 0 saturated carbocycles. The minimum absolute atomic E-state index is 0.0236. The SMILES string of the molecule is C=C(C)CCC(C)C(=O)Oc1cc(C(C)C)c(O)c(-n2nc3ccc(C)cc3n2)c1. The number of nitrogens with zero attached hydrogens (tertiary/aromatic N) is 3. The van der Waals surface area contributed by atoms with Crippen LogP contribution in [0.4, 0.5) is 0 Å². The topological polar surface area (TPSA) is 77.2 Å². The van der Waals surface area contributed by atoms with E-state index in [1.54, 1.807) is 12.1 Å². The van der Waals surface area contributed by atoms with Crippen LogP contribution < -0.4 is 4.74 Å². The molecular weight excluding hydrogens is 378 g/mol. The molecule has 6 heteroatoms. The monoisotopic (exact) mass is 407 g/mol. The summed E-state index contributed by atoms with van der Waals surface area (Å²) in [6, 6.07) is 9.11. The molecule has 30 heavy (non-hydrogen) atoms. The highest BCUT2D eigenvalue weighted by atomic mass is 16.5. The van der Waals surface area contributed by atoms with Gasteiger partial charge in [-0.15, -0.1) is 21.6 Å². The lowest BCUT2D eigenvalue weighted by atomic mass is 10.0.